The Morgan fingerprint density at radius 3 is 1.91 bits per heavy atom. The third-order valence-electron chi connectivity index (χ3n) is 4.81. The van der Waals surface area contributed by atoms with E-state index in [0.29, 0.717) is 30.5 Å². The van der Waals surface area contributed by atoms with Crippen molar-refractivity contribution in [2.24, 2.45) is 0 Å². The molecule has 0 aliphatic heterocycles. The molecule has 0 unspecified atom stereocenters. The Labute approximate surface area is 187 Å². The summed E-state index contributed by atoms with van der Waals surface area (Å²) in [4.78, 5) is 0. The van der Waals surface area contributed by atoms with E-state index in [-0.39, 0.29) is 6.61 Å². The predicted molar refractivity (Wildman–Crippen MR) is 125 cm³/mol. The van der Waals surface area contributed by atoms with Crippen LogP contribution < -0.4 is 9.47 Å². The third kappa shape index (κ3) is 6.03. The lowest BCUT2D eigenvalue weighted by Gasteiger charge is -2.12. The SMILES string of the molecule is OCc1ccc(C=Cc2cc(OCc3ccccc3)c(OCc3ccccc3)nn2)cc1. The van der Waals surface area contributed by atoms with Crippen LogP contribution in [0.15, 0.2) is 91.0 Å². The lowest BCUT2D eigenvalue weighted by molar-refractivity contribution is 0.244. The summed E-state index contributed by atoms with van der Waals surface area (Å²) in [7, 11) is 0. The topological polar surface area (TPSA) is 64.5 Å². The van der Waals surface area contributed by atoms with Crippen molar-refractivity contribution in [1.82, 2.24) is 10.2 Å². The van der Waals surface area contributed by atoms with Crippen LogP contribution in [0.1, 0.15) is 27.9 Å². The minimum Gasteiger partial charge on any atom is -0.483 e. The van der Waals surface area contributed by atoms with Gasteiger partial charge in [-0.2, -0.15) is 0 Å². The maximum atomic E-state index is 9.18. The van der Waals surface area contributed by atoms with Crippen LogP contribution >= 0.6 is 0 Å². The van der Waals surface area contributed by atoms with E-state index in [9.17, 15) is 5.11 Å². The first-order valence-electron chi connectivity index (χ1n) is 10.4. The molecule has 3 aromatic carbocycles. The van der Waals surface area contributed by atoms with E-state index in [4.69, 9.17) is 9.47 Å². The van der Waals surface area contributed by atoms with E-state index in [2.05, 4.69) is 10.2 Å². The number of ether oxygens (including phenoxy) is 2. The first kappa shape index (κ1) is 21.3. The van der Waals surface area contributed by atoms with Gasteiger partial charge in [0.05, 0.1) is 12.3 Å². The van der Waals surface area contributed by atoms with Crippen molar-refractivity contribution in [3.8, 4) is 11.6 Å². The maximum absolute atomic E-state index is 9.18. The number of rotatable bonds is 9. The number of hydrogen-bond acceptors (Lipinski definition) is 5. The normalized spacial score (nSPS) is 10.9. The zero-order valence-corrected chi connectivity index (χ0v) is 17.6. The average Bonchev–Trinajstić information content (AvgIpc) is 2.87. The molecule has 5 nitrogen and oxygen atoms in total. The summed E-state index contributed by atoms with van der Waals surface area (Å²) in [6, 6.07) is 29.3. The number of aliphatic hydroxyl groups excluding tert-OH is 1. The molecule has 0 spiro atoms. The van der Waals surface area contributed by atoms with E-state index in [1.165, 1.54) is 0 Å². The number of nitrogens with zero attached hydrogens (tertiary/aromatic N) is 2. The number of aliphatic hydroxyl groups is 1. The highest BCUT2D eigenvalue weighted by Crippen LogP contribution is 2.27. The molecule has 0 atom stereocenters. The van der Waals surface area contributed by atoms with Gasteiger partial charge in [-0.15, -0.1) is 10.2 Å². The van der Waals surface area contributed by atoms with Gasteiger partial charge in [0.1, 0.15) is 13.2 Å². The molecule has 0 bridgehead atoms. The molecule has 1 N–H and O–H groups in total. The summed E-state index contributed by atoms with van der Waals surface area (Å²) >= 11 is 0. The van der Waals surface area contributed by atoms with E-state index in [1.54, 1.807) is 0 Å². The molecule has 0 amide bonds. The molecule has 0 saturated carbocycles. The van der Waals surface area contributed by atoms with Crippen molar-refractivity contribution >= 4 is 12.2 Å². The molecule has 160 valence electrons. The Hall–Kier alpha value is -3.96. The highest BCUT2D eigenvalue weighted by molar-refractivity contribution is 5.68. The van der Waals surface area contributed by atoms with Crippen molar-refractivity contribution in [3.05, 3.63) is 119 Å². The van der Waals surface area contributed by atoms with Gasteiger partial charge in [-0.3, -0.25) is 0 Å². The van der Waals surface area contributed by atoms with Crippen LogP contribution in [0.25, 0.3) is 12.2 Å². The van der Waals surface area contributed by atoms with Crippen LogP contribution in [0.4, 0.5) is 0 Å². The number of aromatic nitrogens is 2. The fourth-order valence-electron chi connectivity index (χ4n) is 3.04. The molecule has 32 heavy (non-hydrogen) atoms. The van der Waals surface area contributed by atoms with Crippen LogP contribution in [0, 0.1) is 0 Å². The Bertz CT molecular complexity index is 1140. The second kappa shape index (κ2) is 10.9. The standard InChI is InChI=1S/C27H24N2O3/c30-18-22-13-11-21(12-14-22)15-16-25-17-26(31-19-23-7-3-1-4-8-23)27(29-28-25)32-20-24-9-5-2-6-10-24/h1-17,30H,18-20H2. The largest absolute Gasteiger partial charge is 0.483 e. The second-order valence-corrected chi connectivity index (χ2v) is 7.22. The summed E-state index contributed by atoms with van der Waals surface area (Å²) in [6.07, 6.45) is 3.81. The molecule has 0 radical (unpaired) electrons. The molecular formula is C27H24N2O3. The summed E-state index contributed by atoms with van der Waals surface area (Å²) in [6.45, 7) is 0.811. The maximum Gasteiger partial charge on any atom is 0.276 e. The van der Waals surface area contributed by atoms with Crippen LogP contribution in [0.2, 0.25) is 0 Å². The van der Waals surface area contributed by atoms with E-state index in [0.717, 1.165) is 22.3 Å². The molecular weight excluding hydrogens is 400 g/mol. The van der Waals surface area contributed by atoms with Crippen molar-refractivity contribution in [2.75, 3.05) is 0 Å². The Kier molecular flexibility index (Phi) is 7.24. The molecule has 1 heterocycles. The van der Waals surface area contributed by atoms with Gasteiger partial charge in [0, 0.05) is 6.07 Å². The lowest BCUT2D eigenvalue weighted by atomic mass is 10.1. The third-order valence-corrected chi connectivity index (χ3v) is 4.81. The first-order valence-corrected chi connectivity index (χ1v) is 10.4. The quantitative estimate of drug-likeness (QED) is 0.395. The molecule has 5 heteroatoms. The van der Waals surface area contributed by atoms with Crippen molar-refractivity contribution in [1.29, 1.82) is 0 Å². The van der Waals surface area contributed by atoms with Crippen molar-refractivity contribution < 1.29 is 14.6 Å². The van der Waals surface area contributed by atoms with Crippen LogP contribution in [-0.2, 0) is 19.8 Å². The first-order chi connectivity index (χ1) is 15.8. The van der Waals surface area contributed by atoms with Crippen LogP contribution in [0.3, 0.4) is 0 Å². The highest BCUT2D eigenvalue weighted by atomic mass is 16.5. The molecule has 0 saturated heterocycles. The van der Waals surface area contributed by atoms with Gasteiger partial charge in [0.15, 0.2) is 5.75 Å². The zero-order valence-electron chi connectivity index (χ0n) is 17.6. The van der Waals surface area contributed by atoms with Crippen molar-refractivity contribution in [2.45, 2.75) is 19.8 Å². The predicted octanol–water partition coefficient (Wildman–Crippen LogP) is 5.30. The smallest absolute Gasteiger partial charge is 0.276 e. The molecule has 0 aliphatic carbocycles. The number of benzene rings is 3. The summed E-state index contributed by atoms with van der Waals surface area (Å²) in [5, 5.41) is 17.7. The van der Waals surface area contributed by atoms with E-state index in [1.807, 2.05) is 103 Å². The molecule has 4 aromatic rings. The summed E-state index contributed by atoms with van der Waals surface area (Å²) in [5.74, 6) is 0.893. The Balaban J connectivity index is 1.52. The van der Waals surface area contributed by atoms with Gasteiger partial charge in [-0.25, -0.2) is 0 Å². The van der Waals surface area contributed by atoms with Gasteiger partial charge in [0.25, 0.3) is 5.88 Å². The second-order valence-electron chi connectivity index (χ2n) is 7.22. The van der Waals surface area contributed by atoms with Crippen LogP contribution in [-0.4, -0.2) is 15.3 Å². The van der Waals surface area contributed by atoms with Crippen molar-refractivity contribution in [3.63, 3.8) is 0 Å². The monoisotopic (exact) mass is 424 g/mol. The minimum absolute atomic E-state index is 0.0298. The van der Waals surface area contributed by atoms with Gasteiger partial charge in [0.2, 0.25) is 0 Å². The summed E-state index contributed by atoms with van der Waals surface area (Å²) < 4.78 is 12.0. The zero-order chi connectivity index (χ0) is 22.0. The fraction of sp³-hybridized carbons (Fsp3) is 0.111. The van der Waals surface area contributed by atoms with E-state index < -0.39 is 0 Å². The average molecular weight is 425 g/mol. The number of hydrogen-bond donors (Lipinski definition) is 1. The van der Waals surface area contributed by atoms with Gasteiger partial charge >= 0.3 is 0 Å². The van der Waals surface area contributed by atoms with Gasteiger partial charge < -0.3 is 14.6 Å². The van der Waals surface area contributed by atoms with E-state index >= 15 is 0 Å². The summed E-state index contributed by atoms with van der Waals surface area (Å²) in [5.41, 5.74) is 4.63. The molecule has 0 aliphatic rings. The van der Waals surface area contributed by atoms with Gasteiger partial charge in [-0.1, -0.05) is 91.0 Å². The molecule has 1 aromatic heterocycles. The lowest BCUT2D eigenvalue weighted by Crippen LogP contribution is -2.04. The van der Waals surface area contributed by atoms with Crippen LogP contribution in [0.5, 0.6) is 11.6 Å². The fourth-order valence-corrected chi connectivity index (χ4v) is 3.04. The minimum atomic E-state index is 0.0298. The van der Waals surface area contributed by atoms with Gasteiger partial charge in [-0.05, 0) is 28.3 Å². The molecule has 4 rings (SSSR count). The Morgan fingerprint density at radius 1 is 0.656 bits per heavy atom. The molecule has 0 fully saturated rings. The Morgan fingerprint density at radius 2 is 1.28 bits per heavy atom. The highest BCUT2D eigenvalue weighted by Gasteiger charge is 2.10.